The topological polar surface area (TPSA) is 52.6 Å². The van der Waals surface area contributed by atoms with Crippen LogP contribution >= 0.6 is 0 Å². The molecule has 0 unspecified atom stereocenters. The van der Waals surface area contributed by atoms with Crippen molar-refractivity contribution in [1.29, 1.82) is 0 Å². The van der Waals surface area contributed by atoms with Crippen molar-refractivity contribution in [3.8, 4) is 11.5 Å². The lowest BCUT2D eigenvalue weighted by Crippen LogP contribution is -2.20. The molecule has 0 amide bonds. The van der Waals surface area contributed by atoms with Gasteiger partial charge in [0.05, 0.1) is 11.1 Å². The second-order valence-corrected chi connectivity index (χ2v) is 19.1. The van der Waals surface area contributed by atoms with Gasteiger partial charge in [0.2, 0.25) is 0 Å². The van der Waals surface area contributed by atoms with E-state index in [1.807, 2.05) is 72.8 Å². The highest BCUT2D eigenvalue weighted by Crippen LogP contribution is 2.38. The lowest BCUT2D eigenvalue weighted by Gasteiger charge is -2.26. The Bertz CT molecular complexity index is 2180. The van der Waals surface area contributed by atoms with Crippen LogP contribution in [0.2, 0.25) is 0 Å². The number of hydrogen-bond donors (Lipinski definition) is 0. The van der Waals surface area contributed by atoms with Crippen LogP contribution in [-0.4, -0.2) is 11.9 Å². The summed E-state index contributed by atoms with van der Waals surface area (Å²) in [6, 6.07) is 36.2. The van der Waals surface area contributed by atoms with Gasteiger partial charge in [-0.2, -0.15) is 0 Å². The van der Waals surface area contributed by atoms with Crippen molar-refractivity contribution in [1.82, 2.24) is 0 Å². The molecule has 6 aromatic rings. The molecular weight excluding hydrogens is 677 g/mol. The van der Waals surface area contributed by atoms with Crippen LogP contribution < -0.4 is 9.47 Å². The zero-order valence-corrected chi connectivity index (χ0v) is 34.7. The predicted octanol–water partition coefficient (Wildman–Crippen LogP) is 13.2. The summed E-state index contributed by atoms with van der Waals surface area (Å²) in [7, 11) is 0. The first-order valence-electron chi connectivity index (χ1n) is 19.4. The molecule has 0 N–H and O–H groups in total. The molecule has 284 valence electrons. The fourth-order valence-corrected chi connectivity index (χ4v) is 6.91. The van der Waals surface area contributed by atoms with Crippen LogP contribution in [0.3, 0.4) is 0 Å². The highest BCUT2D eigenvalue weighted by atomic mass is 16.5. The molecule has 0 aliphatic heterocycles. The summed E-state index contributed by atoms with van der Waals surface area (Å²) < 4.78 is 12.8. The highest BCUT2D eigenvalue weighted by Gasteiger charge is 2.26. The standard InChI is InChI=1S/C51H56O4/c1-48(2,3)36-25-34(26-37(29-36)49(4,5)6)46(52)54-44-23-21-32-17-13-15-19-40(32)42(44)31-43-41-20-16-14-18-33(41)22-24-45(43)55-47(53)35-27-38(50(7,8)9)30-39(28-35)51(10,11)12/h13-30H,31H2,1-12H3. The smallest absolute Gasteiger partial charge is 0.343 e. The third-order valence-corrected chi connectivity index (χ3v) is 10.6. The van der Waals surface area contributed by atoms with E-state index in [-0.39, 0.29) is 21.7 Å². The molecule has 0 aliphatic rings. The zero-order chi connectivity index (χ0) is 40.1. The van der Waals surface area contributed by atoms with E-state index in [0.717, 1.165) is 54.9 Å². The van der Waals surface area contributed by atoms with Crippen LogP contribution in [0.15, 0.2) is 109 Å². The second-order valence-electron chi connectivity index (χ2n) is 19.1. The first kappa shape index (κ1) is 39.5. The molecule has 4 nitrogen and oxygen atoms in total. The van der Waals surface area contributed by atoms with E-state index < -0.39 is 11.9 Å². The molecule has 0 heterocycles. The molecule has 6 aromatic carbocycles. The van der Waals surface area contributed by atoms with Crippen molar-refractivity contribution >= 4 is 33.5 Å². The van der Waals surface area contributed by atoms with Crippen LogP contribution in [0.25, 0.3) is 21.5 Å². The average Bonchev–Trinajstić information content (AvgIpc) is 3.11. The normalized spacial score (nSPS) is 12.6. The summed E-state index contributed by atoms with van der Waals surface area (Å²) >= 11 is 0. The molecule has 0 aliphatic carbocycles. The maximum atomic E-state index is 14.2. The minimum absolute atomic E-state index is 0.158. The molecule has 0 saturated carbocycles. The van der Waals surface area contributed by atoms with Crippen molar-refractivity contribution < 1.29 is 19.1 Å². The van der Waals surface area contributed by atoms with E-state index in [2.05, 4.69) is 119 Å². The van der Waals surface area contributed by atoms with Crippen LogP contribution in [0, 0.1) is 0 Å². The van der Waals surface area contributed by atoms with Crippen molar-refractivity contribution in [2.75, 3.05) is 0 Å². The van der Waals surface area contributed by atoms with E-state index in [0.29, 0.717) is 29.0 Å². The molecule has 0 saturated heterocycles. The van der Waals surface area contributed by atoms with E-state index in [9.17, 15) is 9.59 Å². The summed E-state index contributed by atoms with van der Waals surface area (Å²) in [5, 5.41) is 3.97. The zero-order valence-electron chi connectivity index (χ0n) is 34.7. The van der Waals surface area contributed by atoms with Crippen molar-refractivity contribution in [3.05, 3.63) is 154 Å². The quantitative estimate of drug-likeness (QED) is 0.126. The van der Waals surface area contributed by atoms with Gasteiger partial charge in [-0.1, -0.05) is 156 Å². The van der Waals surface area contributed by atoms with Crippen LogP contribution in [0.4, 0.5) is 0 Å². The van der Waals surface area contributed by atoms with Gasteiger partial charge in [-0.25, -0.2) is 9.59 Å². The number of carbonyl (C=O) groups is 2. The van der Waals surface area contributed by atoms with Gasteiger partial charge in [-0.15, -0.1) is 0 Å². The maximum Gasteiger partial charge on any atom is 0.343 e. The lowest BCUT2D eigenvalue weighted by atomic mass is 9.79. The molecule has 6 rings (SSSR count). The summed E-state index contributed by atoms with van der Waals surface area (Å²) in [6.07, 6.45) is 0.360. The minimum atomic E-state index is -0.411. The van der Waals surface area contributed by atoms with Gasteiger partial charge in [0.25, 0.3) is 0 Å². The van der Waals surface area contributed by atoms with Gasteiger partial charge in [0.15, 0.2) is 0 Å². The van der Waals surface area contributed by atoms with E-state index >= 15 is 0 Å². The molecular formula is C51H56O4. The summed E-state index contributed by atoms with van der Waals surface area (Å²) in [6.45, 7) is 25.9. The maximum absolute atomic E-state index is 14.2. The van der Waals surface area contributed by atoms with E-state index in [1.165, 1.54) is 0 Å². The first-order valence-corrected chi connectivity index (χ1v) is 19.4. The molecule has 0 spiro atoms. The third-order valence-electron chi connectivity index (χ3n) is 10.6. The van der Waals surface area contributed by atoms with Gasteiger partial charge in [-0.3, -0.25) is 0 Å². The lowest BCUT2D eigenvalue weighted by molar-refractivity contribution is 0.0725. The minimum Gasteiger partial charge on any atom is -0.423 e. The largest absolute Gasteiger partial charge is 0.423 e. The van der Waals surface area contributed by atoms with Crippen LogP contribution in [0.5, 0.6) is 11.5 Å². The second kappa shape index (κ2) is 14.5. The SMILES string of the molecule is CC(C)(C)c1cc(C(=O)Oc2ccc3ccccc3c2Cc2c(OC(=O)c3cc(C(C)(C)C)cc(C(C)(C)C)c3)ccc3ccccc23)cc(C(C)(C)C)c1. The van der Waals surface area contributed by atoms with E-state index in [1.54, 1.807) is 0 Å². The molecule has 55 heavy (non-hydrogen) atoms. The fraction of sp³-hybridized carbons (Fsp3) is 0.333. The number of fused-ring (bicyclic) bond motifs is 2. The van der Waals surface area contributed by atoms with Gasteiger partial charge in [-0.05, 0) is 102 Å². The van der Waals surface area contributed by atoms with Gasteiger partial charge in [0, 0.05) is 17.5 Å². The predicted molar refractivity (Wildman–Crippen MR) is 228 cm³/mol. The Kier molecular flexibility index (Phi) is 10.4. The van der Waals surface area contributed by atoms with Gasteiger partial charge < -0.3 is 9.47 Å². The molecule has 0 fully saturated rings. The molecule has 0 bridgehead atoms. The fourth-order valence-electron chi connectivity index (χ4n) is 6.91. The molecule has 0 radical (unpaired) electrons. The average molecular weight is 733 g/mol. The summed E-state index contributed by atoms with van der Waals surface area (Å²) in [5.41, 5.74) is 6.40. The van der Waals surface area contributed by atoms with Gasteiger partial charge in [0.1, 0.15) is 11.5 Å². The number of benzene rings is 6. The van der Waals surface area contributed by atoms with Crippen LogP contribution in [-0.2, 0) is 28.1 Å². The van der Waals surface area contributed by atoms with Crippen molar-refractivity contribution in [3.63, 3.8) is 0 Å². The van der Waals surface area contributed by atoms with Crippen LogP contribution in [0.1, 0.15) is 137 Å². The Balaban J connectivity index is 1.46. The first-order chi connectivity index (χ1) is 25.6. The summed E-state index contributed by atoms with van der Waals surface area (Å²) in [5.74, 6) is 0.123. The third kappa shape index (κ3) is 8.70. The Labute approximate surface area is 327 Å². The number of hydrogen-bond acceptors (Lipinski definition) is 4. The number of rotatable bonds is 6. The Morgan fingerprint density at radius 3 is 1.04 bits per heavy atom. The Hall–Kier alpha value is -5.22. The summed E-state index contributed by atoms with van der Waals surface area (Å²) in [4.78, 5) is 28.4. The van der Waals surface area contributed by atoms with Gasteiger partial charge >= 0.3 is 11.9 Å². The highest BCUT2D eigenvalue weighted by molar-refractivity contribution is 5.96. The number of carbonyl (C=O) groups excluding carboxylic acids is 2. The molecule has 0 aromatic heterocycles. The van der Waals surface area contributed by atoms with Crippen molar-refractivity contribution in [2.45, 2.75) is 111 Å². The molecule has 0 atom stereocenters. The Morgan fingerprint density at radius 1 is 0.418 bits per heavy atom. The van der Waals surface area contributed by atoms with E-state index in [4.69, 9.17) is 9.47 Å². The number of ether oxygens (including phenoxy) is 2. The number of esters is 2. The molecule has 4 heteroatoms. The monoisotopic (exact) mass is 732 g/mol. The van der Waals surface area contributed by atoms with Crippen molar-refractivity contribution in [2.24, 2.45) is 0 Å². The Morgan fingerprint density at radius 2 is 0.727 bits per heavy atom.